The molecule has 0 bridgehead atoms. The Hall–Kier alpha value is -2.54. The Morgan fingerprint density at radius 2 is 2.05 bits per heavy atom. The number of nitro benzene ring substituents is 1. The summed E-state index contributed by atoms with van der Waals surface area (Å²) < 4.78 is 32.3. The zero-order valence-corrected chi connectivity index (χ0v) is 11.1. The molecule has 2 aromatic rings. The number of hydrogen-bond acceptors (Lipinski definition) is 4. The summed E-state index contributed by atoms with van der Waals surface area (Å²) in [5, 5.41) is 13.8. The van der Waals surface area contributed by atoms with E-state index in [1.54, 1.807) is 13.1 Å². The van der Waals surface area contributed by atoms with Crippen molar-refractivity contribution in [1.29, 1.82) is 0 Å². The van der Waals surface area contributed by atoms with Crippen molar-refractivity contribution in [3.05, 3.63) is 63.7 Å². The number of halogens is 2. The number of nitrogens with one attached hydrogen (secondary N) is 1. The smallest absolute Gasteiger partial charge is 0.314 e. The van der Waals surface area contributed by atoms with Gasteiger partial charge in [-0.3, -0.25) is 10.1 Å². The predicted molar refractivity (Wildman–Crippen MR) is 72.3 cm³/mol. The van der Waals surface area contributed by atoms with Gasteiger partial charge in [0.1, 0.15) is 5.82 Å². The highest BCUT2D eigenvalue weighted by molar-refractivity contribution is 5.50. The topological polar surface area (TPSA) is 64.4 Å². The Morgan fingerprint density at radius 1 is 1.29 bits per heavy atom. The van der Waals surface area contributed by atoms with Crippen LogP contribution in [0.3, 0.4) is 0 Å². The highest BCUT2D eigenvalue weighted by Crippen LogP contribution is 2.34. The van der Waals surface area contributed by atoms with Crippen LogP contribution in [0.4, 0.5) is 14.5 Å². The van der Waals surface area contributed by atoms with Crippen molar-refractivity contribution in [1.82, 2.24) is 5.32 Å². The molecule has 0 atom stereocenters. The van der Waals surface area contributed by atoms with Crippen LogP contribution >= 0.6 is 0 Å². The number of nitrogens with zero attached hydrogens (tertiary/aromatic N) is 1. The number of benzene rings is 2. The largest absolute Gasteiger partial charge is 0.447 e. The minimum Gasteiger partial charge on any atom is -0.447 e. The first-order valence-electron chi connectivity index (χ1n) is 6.06. The Labute approximate surface area is 119 Å². The van der Waals surface area contributed by atoms with Gasteiger partial charge in [0.05, 0.1) is 11.0 Å². The molecule has 0 fully saturated rings. The van der Waals surface area contributed by atoms with Crippen LogP contribution in [0.25, 0.3) is 0 Å². The molecule has 0 heterocycles. The number of hydrogen-bond donors (Lipinski definition) is 1. The Bertz CT molecular complexity index is 677. The lowest BCUT2D eigenvalue weighted by molar-refractivity contribution is -0.385. The van der Waals surface area contributed by atoms with E-state index in [0.29, 0.717) is 12.1 Å². The second-order valence-electron chi connectivity index (χ2n) is 4.23. The van der Waals surface area contributed by atoms with E-state index >= 15 is 0 Å². The highest BCUT2D eigenvalue weighted by atomic mass is 19.1. The molecular formula is C14H12F2N2O3. The molecular weight excluding hydrogens is 282 g/mol. The van der Waals surface area contributed by atoms with E-state index in [2.05, 4.69) is 5.32 Å². The molecule has 2 aromatic carbocycles. The van der Waals surface area contributed by atoms with Crippen LogP contribution in [0.15, 0.2) is 36.4 Å². The van der Waals surface area contributed by atoms with Gasteiger partial charge >= 0.3 is 5.69 Å². The molecule has 0 amide bonds. The molecule has 0 unspecified atom stereocenters. The van der Waals surface area contributed by atoms with E-state index in [0.717, 1.165) is 18.2 Å². The summed E-state index contributed by atoms with van der Waals surface area (Å²) >= 11 is 0. The van der Waals surface area contributed by atoms with Gasteiger partial charge in [-0.05, 0) is 25.2 Å². The highest BCUT2D eigenvalue weighted by Gasteiger charge is 2.19. The van der Waals surface area contributed by atoms with E-state index in [9.17, 15) is 18.9 Å². The minimum atomic E-state index is -0.781. The average molecular weight is 294 g/mol. The van der Waals surface area contributed by atoms with Crippen molar-refractivity contribution in [2.45, 2.75) is 6.54 Å². The average Bonchev–Trinajstić information content (AvgIpc) is 2.44. The van der Waals surface area contributed by atoms with Crippen LogP contribution in [0.1, 0.15) is 5.56 Å². The van der Waals surface area contributed by atoms with Gasteiger partial charge in [0.15, 0.2) is 11.6 Å². The summed E-state index contributed by atoms with van der Waals surface area (Å²) in [7, 11) is 1.68. The van der Waals surface area contributed by atoms with Crippen molar-refractivity contribution in [3.8, 4) is 11.5 Å². The molecule has 0 aliphatic heterocycles. The van der Waals surface area contributed by atoms with Gasteiger partial charge in [-0.2, -0.15) is 0 Å². The molecule has 5 nitrogen and oxygen atoms in total. The maximum Gasteiger partial charge on any atom is 0.314 e. The van der Waals surface area contributed by atoms with Gasteiger partial charge in [-0.15, -0.1) is 0 Å². The lowest BCUT2D eigenvalue weighted by Crippen LogP contribution is -2.07. The molecule has 0 spiro atoms. The van der Waals surface area contributed by atoms with Gasteiger partial charge in [0, 0.05) is 12.1 Å². The third kappa shape index (κ3) is 3.32. The Balaban J connectivity index is 2.45. The van der Waals surface area contributed by atoms with E-state index in [1.165, 1.54) is 12.1 Å². The molecule has 0 aromatic heterocycles. The van der Waals surface area contributed by atoms with Crippen molar-refractivity contribution >= 4 is 5.69 Å². The molecule has 21 heavy (non-hydrogen) atoms. The van der Waals surface area contributed by atoms with E-state index in [-0.39, 0.29) is 11.5 Å². The minimum absolute atomic E-state index is 0.124. The van der Waals surface area contributed by atoms with Gasteiger partial charge < -0.3 is 10.1 Å². The molecule has 0 saturated carbocycles. The summed E-state index contributed by atoms with van der Waals surface area (Å²) in [6.07, 6.45) is 0. The third-order valence-corrected chi connectivity index (χ3v) is 2.75. The summed E-state index contributed by atoms with van der Waals surface area (Å²) in [6.45, 7) is 0.322. The van der Waals surface area contributed by atoms with Crippen LogP contribution in [0, 0.1) is 21.7 Å². The summed E-state index contributed by atoms with van der Waals surface area (Å²) in [5.74, 6) is -1.76. The standard InChI is InChI=1S/C14H12F2N2O3/c1-17-8-9-3-2-4-11(16)14(9)21-13-6-5-10(15)7-12(13)18(19)20/h2-7,17H,8H2,1H3. The van der Waals surface area contributed by atoms with Crippen molar-refractivity contribution in [2.24, 2.45) is 0 Å². The number of nitro groups is 1. The van der Waals surface area contributed by atoms with Gasteiger partial charge in [-0.25, -0.2) is 8.78 Å². The first kappa shape index (κ1) is 14.9. The molecule has 110 valence electrons. The monoisotopic (exact) mass is 294 g/mol. The second-order valence-corrected chi connectivity index (χ2v) is 4.23. The van der Waals surface area contributed by atoms with Crippen LogP contribution in [-0.2, 0) is 6.54 Å². The first-order chi connectivity index (χ1) is 10.0. The molecule has 0 radical (unpaired) electrons. The van der Waals surface area contributed by atoms with Crippen LogP contribution in [0.2, 0.25) is 0 Å². The fourth-order valence-electron chi connectivity index (χ4n) is 1.83. The van der Waals surface area contributed by atoms with Gasteiger partial charge in [-0.1, -0.05) is 12.1 Å². The zero-order chi connectivity index (χ0) is 15.4. The molecule has 2 rings (SSSR count). The third-order valence-electron chi connectivity index (χ3n) is 2.75. The molecule has 0 saturated heterocycles. The molecule has 7 heteroatoms. The number of ether oxygens (including phenoxy) is 1. The normalized spacial score (nSPS) is 10.4. The second kappa shape index (κ2) is 6.27. The van der Waals surface area contributed by atoms with Gasteiger partial charge in [0.25, 0.3) is 0 Å². The lowest BCUT2D eigenvalue weighted by atomic mass is 10.2. The maximum atomic E-state index is 13.9. The molecule has 1 N–H and O–H groups in total. The quantitative estimate of drug-likeness (QED) is 0.678. The molecule has 0 aliphatic carbocycles. The van der Waals surface area contributed by atoms with Crippen molar-refractivity contribution in [3.63, 3.8) is 0 Å². The number of rotatable bonds is 5. The summed E-state index contributed by atoms with van der Waals surface area (Å²) in [5.41, 5.74) is -0.0650. The van der Waals surface area contributed by atoms with Gasteiger partial charge in [0.2, 0.25) is 5.75 Å². The first-order valence-corrected chi connectivity index (χ1v) is 6.06. The van der Waals surface area contributed by atoms with Crippen LogP contribution in [-0.4, -0.2) is 12.0 Å². The predicted octanol–water partition coefficient (Wildman–Crippen LogP) is 3.38. The van der Waals surface area contributed by atoms with Crippen LogP contribution < -0.4 is 10.1 Å². The summed E-state index contributed by atoms with van der Waals surface area (Å²) in [6, 6.07) is 7.17. The van der Waals surface area contributed by atoms with Crippen LogP contribution in [0.5, 0.6) is 11.5 Å². The van der Waals surface area contributed by atoms with E-state index in [1.807, 2.05) is 0 Å². The molecule has 0 aliphatic rings. The SMILES string of the molecule is CNCc1cccc(F)c1Oc1ccc(F)cc1[N+](=O)[O-]. The Kier molecular flexibility index (Phi) is 4.44. The summed E-state index contributed by atoms with van der Waals surface area (Å²) in [4.78, 5) is 10.1. The fraction of sp³-hybridized carbons (Fsp3) is 0.143. The zero-order valence-electron chi connectivity index (χ0n) is 11.1. The van der Waals surface area contributed by atoms with E-state index in [4.69, 9.17) is 4.74 Å². The lowest BCUT2D eigenvalue weighted by Gasteiger charge is -2.12. The fourth-order valence-corrected chi connectivity index (χ4v) is 1.83. The Morgan fingerprint density at radius 3 is 2.71 bits per heavy atom. The maximum absolute atomic E-state index is 13.9. The van der Waals surface area contributed by atoms with Crippen molar-refractivity contribution < 1.29 is 18.4 Å². The van der Waals surface area contributed by atoms with E-state index < -0.39 is 22.2 Å². The number of para-hydroxylation sites is 1. The van der Waals surface area contributed by atoms with Crippen molar-refractivity contribution in [2.75, 3.05) is 7.05 Å².